The van der Waals surface area contributed by atoms with Gasteiger partial charge in [-0.2, -0.15) is 0 Å². The van der Waals surface area contributed by atoms with Gasteiger partial charge in [0.15, 0.2) is 0 Å². The van der Waals surface area contributed by atoms with Crippen LogP contribution in [0.25, 0.3) is 0 Å². The molecule has 35 heavy (non-hydrogen) atoms. The largest absolute Gasteiger partial charge is 0.497 e. The maximum atomic E-state index is 13.7. The molecule has 0 bridgehead atoms. The molecule has 0 heterocycles. The van der Waals surface area contributed by atoms with Gasteiger partial charge in [0, 0.05) is 34.3 Å². The summed E-state index contributed by atoms with van der Waals surface area (Å²) in [6.45, 7) is 4.80. The lowest BCUT2D eigenvalue weighted by Crippen LogP contribution is -2.53. The van der Waals surface area contributed by atoms with Crippen LogP contribution in [0.5, 0.6) is 5.75 Å². The van der Waals surface area contributed by atoms with Crippen LogP contribution in [0.4, 0.5) is 5.69 Å². The van der Waals surface area contributed by atoms with Crippen LogP contribution >= 0.6 is 23.2 Å². The van der Waals surface area contributed by atoms with Gasteiger partial charge >= 0.3 is 0 Å². The number of hydrogen-bond acceptors (Lipinski definition) is 5. The number of anilines is 1. The second kappa shape index (κ2) is 12.5. The van der Waals surface area contributed by atoms with E-state index in [1.165, 1.54) is 18.1 Å². The van der Waals surface area contributed by atoms with E-state index in [2.05, 4.69) is 5.32 Å². The van der Waals surface area contributed by atoms with Gasteiger partial charge in [-0.25, -0.2) is 8.42 Å². The van der Waals surface area contributed by atoms with E-state index in [1.54, 1.807) is 43.3 Å². The first-order valence-electron chi connectivity index (χ1n) is 11.0. The topological polar surface area (TPSA) is 96.0 Å². The molecular formula is C24H31Cl2N3O5S. The first kappa shape index (κ1) is 28.7. The standard InChI is InChI=1S/C24H31Cl2N3O5S/c1-6-22(24(31)27-16(2)3)28(14-19-20(25)11-8-12-21(19)26)23(30)15-29(35(5,32)33)17-9-7-10-18(13-17)34-4/h7-13,16,22H,6,14-15H2,1-5H3,(H,27,31)/t22-/m1/s1. The molecular weight excluding hydrogens is 513 g/mol. The van der Waals surface area contributed by atoms with E-state index < -0.39 is 28.5 Å². The normalized spacial score (nSPS) is 12.2. The van der Waals surface area contributed by atoms with Crippen LogP contribution in [-0.2, 0) is 26.2 Å². The molecule has 0 unspecified atom stereocenters. The second-order valence-corrected chi connectivity index (χ2v) is 11.0. The number of ether oxygens (including phenoxy) is 1. The molecule has 0 aliphatic heterocycles. The summed E-state index contributed by atoms with van der Waals surface area (Å²) in [5.74, 6) is -0.502. The number of carbonyl (C=O) groups excluding carboxylic acids is 2. The summed E-state index contributed by atoms with van der Waals surface area (Å²) in [7, 11) is -2.39. The van der Waals surface area contributed by atoms with Crippen molar-refractivity contribution in [3.8, 4) is 5.75 Å². The van der Waals surface area contributed by atoms with Gasteiger partial charge in [-0.3, -0.25) is 13.9 Å². The fourth-order valence-corrected chi connectivity index (χ4v) is 4.89. The molecule has 0 fully saturated rings. The van der Waals surface area contributed by atoms with Gasteiger partial charge in [0.05, 0.1) is 19.1 Å². The molecule has 0 spiro atoms. The maximum Gasteiger partial charge on any atom is 0.244 e. The van der Waals surface area contributed by atoms with Crippen LogP contribution < -0.4 is 14.4 Å². The van der Waals surface area contributed by atoms with Crippen molar-refractivity contribution in [2.24, 2.45) is 0 Å². The minimum atomic E-state index is -3.85. The summed E-state index contributed by atoms with van der Waals surface area (Å²) in [6.07, 6.45) is 1.31. The van der Waals surface area contributed by atoms with Gasteiger partial charge in [0.1, 0.15) is 18.3 Å². The average molecular weight is 545 g/mol. The summed E-state index contributed by atoms with van der Waals surface area (Å²) in [6, 6.07) is 10.3. The predicted molar refractivity (Wildman–Crippen MR) is 140 cm³/mol. The Kier molecular flexibility index (Phi) is 10.2. The third-order valence-corrected chi connectivity index (χ3v) is 7.08. The van der Waals surface area contributed by atoms with E-state index >= 15 is 0 Å². The molecule has 0 aliphatic carbocycles. The number of benzene rings is 2. The monoisotopic (exact) mass is 543 g/mol. The molecule has 1 atom stereocenters. The van der Waals surface area contributed by atoms with E-state index in [-0.39, 0.29) is 24.2 Å². The van der Waals surface area contributed by atoms with Crippen molar-refractivity contribution in [2.45, 2.75) is 45.8 Å². The van der Waals surface area contributed by atoms with E-state index in [1.807, 2.05) is 13.8 Å². The highest BCUT2D eigenvalue weighted by Crippen LogP contribution is 2.28. The molecule has 8 nitrogen and oxygen atoms in total. The summed E-state index contributed by atoms with van der Waals surface area (Å²) in [5, 5.41) is 3.50. The highest BCUT2D eigenvalue weighted by molar-refractivity contribution is 7.92. The molecule has 0 saturated carbocycles. The summed E-state index contributed by atoms with van der Waals surface area (Å²) < 4.78 is 31.5. The molecule has 192 valence electrons. The van der Waals surface area contributed by atoms with Crippen molar-refractivity contribution in [2.75, 3.05) is 24.2 Å². The van der Waals surface area contributed by atoms with Crippen LogP contribution in [0.1, 0.15) is 32.8 Å². The zero-order valence-electron chi connectivity index (χ0n) is 20.4. The van der Waals surface area contributed by atoms with E-state index in [4.69, 9.17) is 27.9 Å². The molecule has 0 aliphatic rings. The maximum absolute atomic E-state index is 13.7. The number of amides is 2. The summed E-state index contributed by atoms with van der Waals surface area (Å²) in [4.78, 5) is 28.0. The Balaban J connectivity index is 2.51. The van der Waals surface area contributed by atoms with Crippen molar-refractivity contribution in [1.82, 2.24) is 10.2 Å². The summed E-state index contributed by atoms with van der Waals surface area (Å²) in [5.41, 5.74) is 0.725. The number of nitrogens with one attached hydrogen (secondary N) is 1. The third-order valence-electron chi connectivity index (χ3n) is 5.23. The van der Waals surface area contributed by atoms with Crippen LogP contribution in [0, 0.1) is 0 Å². The Bertz CT molecular complexity index is 1140. The Labute approximate surface area is 217 Å². The first-order chi connectivity index (χ1) is 16.4. The number of nitrogens with zero attached hydrogens (tertiary/aromatic N) is 2. The van der Waals surface area contributed by atoms with Crippen LogP contribution in [0.3, 0.4) is 0 Å². The Morgan fingerprint density at radius 3 is 2.20 bits per heavy atom. The Morgan fingerprint density at radius 2 is 1.69 bits per heavy atom. The Hall–Kier alpha value is -2.49. The van der Waals surface area contributed by atoms with Gasteiger partial charge in [0.2, 0.25) is 21.8 Å². The van der Waals surface area contributed by atoms with Crippen molar-refractivity contribution >= 4 is 50.7 Å². The van der Waals surface area contributed by atoms with Gasteiger partial charge in [0.25, 0.3) is 0 Å². The van der Waals surface area contributed by atoms with Crippen LogP contribution in [0.2, 0.25) is 10.0 Å². The smallest absolute Gasteiger partial charge is 0.244 e. The predicted octanol–water partition coefficient (Wildman–Crippen LogP) is 4.10. The first-order valence-corrected chi connectivity index (χ1v) is 13.6. The average Bonchev–Trinajstić information content (AvgIpc) is 2.77. The molecule has 0 saturated heterocycles. The van der Waals surface area contributed by atoms with E-state index in [0.29, 0.717) is 27.8 Å². The highest BCUT2D eigenvalue weighted by Gasteiger charge is 2.32. The quantitative estimate of drug-likeness (QED) is 0.460. The number of methoxy groups -OCH3 is 1. The lowest BCUT2D eigenvalue weighted by Gasteiger charge is -2.33. The highest BCUT2D eigenvalue weighted by atomic mass is 35.5. The number of rotatable bonds is 11. The number of halogens is 2. The number of carbonyl (C=O) groups is 2. The van der Waals surface area contributed by atoms with Crippen molar-refractivity contribution < 1.29 is 22.7 Å². The van der Waals surface area contributed by atoms with E-state index in [0.717, 1.165) is 10.6 Å². The van der Waals surface area contributed by atoms with Crippen LogP contribution in [0.15, 0.2) is 42.5 Å². The lowest BCUT2D eigenvalue weighted by molar-refractivity contribution is -0.140. The van der Waals surface area contributed by atoms with Gasteiger partial charge in [-0.15, -0.1) is 0 Å². The molecule has 2 aromatic rings. The Morgan fingerprint density at radius 1 is 1.09 bits per heavy atom. The SMILES string of the molecule is CC[C@H](C(=O)NC(C)C)N(Cc1c(Cl)cccc1Cl)C(=O)CN(c1cccc(OC)c1)S(C)(=O)=O. The minimum absolute atomic E-state index is 0.0723. The van der Waals surface area contributed by atoms with Gasteiger partial charge < -0.3 is 15.0 Å². The van der Waals surface area contributed by atoms with Crippen LogP contribution in [-0.4, -0.2) is 57.1 Å². The van der Waals surface area contributed by atoms with Gasteiger partial charge in [-0.05, 0) is 44.5 Å². The third kappa shape index (κ3) is 7.75. The summed E-state index contributed by atoms with van der Waals surface area (Å²) >= 11 is 12.7. The fraction of sp³-hybridized carbons (Fsp3) is 0.417. The van der Waals surface area contributed by atoms with Crippen molar-refractivity contribution in [1.29, 1.82) is 0 Å². The molecule has 11 heteroatoms. The lowest BCUT2D eigenvalue weighted by atomic mass is 10.1. The van der Waals surface area contributed by atoms with Crippen molar-refractivity contribution in [3.05, 3.63) is 58.1 Å². The van der Waals surface area contributed by atoms with Crippen molar-refractivity contribution in [3.63, 3.8) is 0 Å². The number of hydrogen-bond donors (Lipinski definition) is 1. The number of sulfonamides is 1. The minimum Gasteiger partial charge on any atom is -0.497 e. The molecule has 2 rings (SSSR count). The van der Waals surface area contributed by atoms with E-state index in [9.17, 15) is 18.0 Å². The zero-order valence-corrected chi connectivity index (χ0v) is 22.7. The molecule has 0 aromatic heterocycles. The molecule has 2 aromatic carbocycles. The molecule has 0 radical (unpaired) electrons. The molecule has 1 N–H and O–H groups in total. The zero-order chi connectivity index (χ0) is 26.3. The second-order valence-electron chi connectivity index (χ2n) is 8.28. The molecule has 2 amide bonds. The van der Waals surface area contributed by atoms with Gasteiger partial charge in [-0.1, -0.05) is 42.3 Å². The fourth-order valence-electron chi connectivity index (χ4n) is 3.53.